The van der Waals surface area contributed by atoms with Crippen molar-refractivity contribution in [1.82, 2.24) is 0 Å². The Morgan fingerprint density at radius 3 is 2.48 bits per heavy atom. The van der Waals surface area contributed by atoms with E-state index in [2.05, 4.69) is 4.79 Å². The summed E-state index contributed by atoms with van der Waals surface area (Å²) in [6, 6.07) is 8.87. The topological polar surface area (TPSA) is 86.5 Å². The zero-order chi connectivity index (χ0) is 15.9. The fraction of sp³-hybridized carbons (Fsp3) is 0.154. The minimum atomic E-state index is -4.58. The van der Waals surface area contributed by atoms with E-state index in [9.17, 15) is 18.0 Å². The Bertz CT molecular complexity index is 626. The van der Waals surface area contributed by atoms with Crippen LogP contribution in [0.5, 0.6) is 0 Å². The Labute approximate surface area is 117 Å². The number of ether oxygens (including phenoxy) is 1. The molecule has 0 bridgehead atoms. The Morgan fingerprint density at radius 2 is 2.00 bits per heavy atom. The normalized spacial score (nSPS) is 12.3. The number of halogens is 3. The molecule has 0 spiro atoms. The molecule has 0 aliphatic carbocycles. The number of hydrogen-bond acceptors (Lipinski definition) is 3. The van der Waals surface area contributed by atoms with Crippen LogP contribution in [0.15, 0.2) is 42.5 Å². The first-order chi connectivity index (χ1) is 9.87. The average molecular weight is 295 g/mol. The fourth-order valence-corrected chi connectivity index (χ4v) is 1.34. The summed E-state index contributed by atoms with van der Waals surface area (Å²) >= 11 is 0. The van der Waals surface area contributed by atoms with E-state index < -0.39 is 24.0 Å². The minimum absolute atomic E-state index is 0.0833. The molecule has 8 heteroatoms. The van der Waals surface area contributed by atoms with E-state index in [4.69, 9.17) is 15.5 Å². The molecule has 1 unspecified atom stereocenters. The zero-order valence-corrected chi connectivity index (χ0v) is 10.4. The molecule has 0 heterocycles. The van der Waals surface area contributed by atoms with Crippen LogP contribution in [0.25, 0.3) is 5.53 Å². The van der Waals surface area contributed by atoms with Crippen LogP contribution < -0.4 is 0 Å². The lowest BCUT2D eigenvalue weighted by molar-refractivity contribution is -0.143. The molecule has 0 saturated carbocycles. The van der Waals surface area contributed by atoms with Gasteiger partial charge in [0.05, 0.1) is 0 Å². The molecule has 0 fully saturated rings. The Kier molecular flexibility index (Phi) is 5.40. The molecule has 0 N–H and O–H groups in total. The van der Waals surface area contributed by atoms with Crippen molar-refractivity contribution in [1.29, 1.82) is 5.26 Å². The highest BCUT2D eigenvalue weighted by molar-refractivity contribution is 6.40. The molecule has 0 aromatic heterocycles. The van der Waals surface area contributed by atoms with Crippen LogP contribution in [0.4, 0.5) is 13.2 Å². The maximum absolute atomic E-state index is 12.2. The van der Waals surface area contributed by atoms with Crippen molar-refractivity contribution in [3.05, 3.63) is 53.6 Å². The Morgan fingerprint density at radius 1 is 1.38 bits per heavy atom. The van der Waals surface area contributed by atoms with Crippen LogP contribution in [0.1, 0.15) is 11.7 Å². The largest absolute Gasteiger partial charge is 0.475 e. The predicted molar refractivity (Wildman–Crippen MR) is 64.7 cm³/mol. The maximum Gasteiger partial charge on any atom is 0.475 e. The lowest BCUT2D eigenvalue weighted by atomic mass is 10.1. The smallest absolute Gasteiger partial charge is 0.444 e. The highest BCUT2D eigenvalue weighted by Crippen LogP contribution is 2.23. The van der Waals surface area contributed by atoms with Crippen LogP contribution in [0.3, 0.4) is 0 Å². The van der Waals surface area contributed by atoms with E-state index in [1.807, 2.05) is 0 Å². The van der Waals surface area contributed by atoms with Gasteiger partial charge in [-0.05, 0) is 11.6 Å². The summed E-state index contributed by atoms with van der Waals surface area (Å²) in [4.78, 5) is 13.9. The van der Waals surface area contributed by atoms with Gasteiger partial charge < -0.3 is 10.3 Å². The second kappa shape index (κ2) is 7.03. The zero-order valence-electron chi connectivity index (χ0n) is 10.4. The molecule has 5 nitrogen and oxygen atoms in total. The van der Waals surface area contributed by atoms with E-state index >= 15 is 0 Å². The standard InChI is InChI=1S/C13H8F3N3O2/c14-13(15,16)7-6-11(9-4-2-1-3-5-9)21-12(20)10(8-17)19-18/h1-7,11H/b7-6+. The number of alkyl halides is 3. The van der Waals surface area contributed by atoms with Crippen LogP contribution in [0, 0.1) is 11.3 Å². The van der Waals surface area contributed by atoms with E-state index in [1.54, 1.807) is 18.2 Å². The summed E-state index contributed by atoms with van der Waals surface area (Å²) in [6.07, 6.45) is -5.41. The number of carbonyl (C=O) groups excluding carboxylic acids is 1. The summed E-state index contributed by atoms with van der Waals surface area (Å²) < 4.78 is 41.4. The van der Waals surface area contributed by atoms with Crippen LogP contribution in [-0.2, 0) is 9.53 Å². The summed E-state index contributed by atoms with van der Waals surface area (Å²) in [6.45, 7) is 0. The number of nitriles is 1. The summed E-state index contributed by atoms with van der Waals surface area (Å²) in [5, 5.41) is 8.50. The molecule has 0 aliphatic rings. The molecule has 0 amide bonds. The van der Waals surface area contributed by atoms with Crippen molar-refractivity contribution in [2.75, 3.05) is 0 Å². The lowest BCUT2D eigenvalue weighted by Crippen LogP contribution is -2.19. The molecule has 1 rings (SSSR count). The quantitative estimate of drug-likeness (QED) is 0.281. The molecule has 0 aliphatic heterocycles. The van der Waals surface area contributed by atoms with Gasteiger partial charge in [0.1, 0.15) is 6.10 Å². The molecule has 0 saturated heterocycles. The van der Waals surface area contributed by atoms with Crippen molar-refractivity contribution in [3.63, 3.8) is 0 Å². The maximum atomic E-state index is 12.2. The second-order valence-electron chi connectivity index (χ2n) is 3.70. The third-order valence-electron chi connectivity index (χ3n) is 2.22. The number of nitrogens with zero attached hydrogens (tertiary/aromatic N) is 3. The number of esters is 1. The van der Waals surface area contributed by atoms with Gasteiger partial charge in [-0.3, -0.25) is 0 Å². The average Bonchev–Trinajstić information content (AvgIpc) is 2.44. The first-order valence-electron chi connectivity index (χ1n) is 5.51. The van der Waals surface area contributed by atoms with Gasteiger partial charge in [0.15, 0.2) is 6.07 Å². The van der Waals surface area contributed by atoms with Crippen molar-refractivity contribution in [2.24, 2.45) is 0 Å². The first kappa shape index (κ1) is 16.1. The fourth-order valence-electron chi connectivity index (χ4n) is 1.34. The van der Waals surface area contributed by atoms with Gasteiger partial charge in [0.25, 0.3) is 0 Å². The summed E-state index contributed by atoms with van der Waals surface area (Å²) in [5.74, 6) is -1.33. The second-order valence-corrected chi connectivity index (χ2v) is 3.70. The molecular weight excluding hydrogens is 287 g/mol. The number of allylic oxidation sites excluding steroid dienone is 1. The molecule has 1 aromatic rings. The van der Waals surface area contributed by atoms with Crippen LogP contribution in [0.2, 0.25) is 0 Å². The van der Waals surface area contributed by atoms with Gasteiger partial charge in [-0.15, -0.1) is 4.79 Å². The number of rotatable bonds is 4. The van der Waals surface area contributed by atoms with Gasteiger partial charge in [0.2, 0.25) is 0 Å². The van der Waals surface area contributed by atoms with Crippen molar-refractivity contribution < 1.29 is 27.5 Å². The van der Waals surface area contributed by atoms with Crippen molar-refractivity contribution in [3.8, 4) is 6.07 Å². The van der Waals surface area contributed by atoms with Gasteiger partial charge in [-0.25, -0.2) is 4.79 Å². The SMILES string of the molecule is N#CC(=[N+]=[N-])C(=O)OC(/C=C/C(F)(F)F)c1ccccc1. The highest BCUT2D eigenvalue weighted by atomic mass is 19.4. The molecular formula is C13H8F3N3O2. The molecule has 1 aromatic carbocycles. The van der Waals surface area contributed by atoms with Crippen LogP contribution in [-0.4, -0.2) is 22.6 Å². The Hall–Kier alpha value is -2.91. The van der Waals surface area contributed by atoms with Gasteiger partial charge in [-0.2, -0.15) is 18.4 Å². The van der Waals surface area contributed by atoms with E-state index in [0.717, 1.165) is 0 Å². The third-order valence-corrected chi connectivity index (χ3v) is 2.22. The molecule has 108 valence electrons. The van der Waals surface area contributed by atoms with Gasteiger partial charge in [0, 0.05) is 6.08 Å². The van der Waals surface area contributed by atoms with Crippen LogP contribution >= 0.6 is 0 Å². The summed E-state index contributed by atoms with van der Waals surface area (Å²) in [5.41, 5.74) is 7.71. The highest BCUT2D eigenvalue weighted by Gasteiger charge is 2.27. The molecule has 1 atom stereocenters. The lowest BCUT2D eigenvalue weighted by Gasteiger charge is -2.13. The first-order valence-corrected chi connectivity index (χ1v) is 5.51. The van der Waals surface area contributed by atoms with E-state index in [1.165, 1.54) is 18.2 Å². The number of benzene rings is 1. The van der Waals surface area contributed by atoms with Crippen molar-refractivity contribution >= 4 is 11.7 Å². The van der Waals surface area contributed by atoms with Crippen molar-refractivity contribution in [2.45, 2.75) is 12.3 Å². The molecule has 0 radical (unpaired) electrons. The third kappa shape index (κ3) is 5.30. The number of carbonyl (C=O) groups is 1. The number of hydrogen-bond donors (Lipinski definition) is 0. The summed E-state index contributed by atoms with van der Waals surface area (Å²) in [7, 11) is 0. The van der Waals surface area contributed by atoms with E-state index in [0.29, 0.717) is 6.08 Å². The van der Waals surface area contributed by atoms with E-state index in [-0.39, 0.29) is 11.6 Å². The Balaban J connectivity index is 3.05. The minimum Gasteiger partial charge on any atom is -0.444 e. The van der Waals surface area contributed by atoms with Gasteiger partial charge in [-0.1, -0.05) is 30.3 Å². The monoisotopic (exact) mass is 295 g/mol. The molecule has 21 heavy (non-hydrogen) atoms. The van der Waals surface area contributed by atoms with Gasteiger partial charge >= 0.3 is 17.9 Å². The predicted octanol–water partition coefficient (Wildman–Crippen LogP) is 2.58.